The highest BCUT2D eigenvalue weighted by molar-refractivity contribution is 5.97. The summed E-state index contributed by atoms with van der Waals surface area (Å²) in [5.41, 5.74) is 2.32. The highest BCUT2D eigenvalue weighted by atomic mass is 16.3. The molecular formula is C20H28N4O3. The number of hydrogen-bond donors (Lipinski definition) is 2. The van der Waals surface area contributed by atoms with Crippen LogP contribution in [0.1, 0.15) is 23.2 Å². The molecule has 2 aliphatic rings. The third kappa shape index (κ3) is 3.72. The average molecular weight is 372 g/mol. The van der Waals surface area contributed by atoms with Gasteiger partial charge in [0.2, 0.25) is 0 Å². The van der Waals surface area contributed by atoms with Crippen molar-refractivity contribution in [3.63, 3.8) is 0 Å². The van der Waals surface area contributed by atoms with Crippen molar-refractivity contribution in [3.05, 3.63) is 30.1 Å². The SMILES string of the molecule is O=C(c1ccc2c(c1)ncn2CCO)N1C[C@@H](CN2CCCC2)[C@@H](CO)C1. The molecule has 0 bridgehead atoms. The van der Waals surface area contributed by atoms with E-state index in [1.54, 1.807) is 6.33 Å². The van der Waals surface area contributed by atoms with Crippen LogP contribution in [0, 0.1) is 11.8 Å². The van der Waals surface area contributed by atoms with Crippen LogP contribution < -0.4 is 0 Å². The van der Waals surface area contributed by atoms with Gasteiger partial charge in [-0.05, 0) is 50.0 Å². The van der Waals surface area contributed by atoms with E-state index < -0.39 is 0 Å². The van der Waals surface area contributed by atoms with E-state index in [-0.39, 0.29) is 25.0 Å². The number of aromatic nitrogens is 2. The van der Waals surface area contributed by atoms with Gasteiger partial charge in [-0.3, -0.25) is 4.79 Å². The summed E-state index contributed by atoms with van der Waals surface area (Å²) in [6, 6.07) is 5.56. The van der Waals surface area contributed by atoms with Crippen molar-refractivity contribution in [3.8, 4) is 0 Å². The van der Waals surface area contributed by atoms with Crippen LogP contribution in [0.5, 0.6) is 0 Å². The summed E-state index contributed by atoms with van der Waals surface area (Å²) >= 11 is 0. The maximum Gasteiger partial charge on any atom is 0.253 e. The number of amides is 1. The quantitative estimate of drug-likeness (QED) is 0.784. The standard InChI is InChI=1S/C20H28N4O3/c25-8-7-23-14-21-18-9-15(3-4-19(18)23)20(27)24-11-16(17(12-24)13-26)10-22-5-1-2-6-22/h3-4,9,14,16-17,25-26H,1-2,5-8,10-13H2/t16-,17-/m1/s1. The number of hydrogen-bond acceptors (Lipinski definition) is 5. The molecular weight excluding hydrogens is 344 g/mol. The number of nitrogens with zero attached hydrogens (tertiary/aromatic N) is 4. The molecule has 1 aromatic carbocycles. The molecule has 0 radical (unpaired) electrons. The van der Waals surface area contributed by atoms with Crippen LogP contribution >= 0.6 is 0 Å². The maximum atomic E-state index is 13.0. The summed E-state index contributed by atoms with van der Waals surface area (Å²) in [6.45, 7) is 5.24. The molecule has 2 aliphatic heterocycles. The first kappa shape index (κ1) is 18.4. The van der Waals surface area contributed by atoms with Gasteiger partial charge in [0.25, 0.3) is 5.91 Å². The van der Waals surface area contributed by atoms with Gasteiger partial charge in [0.15, 0.2) is 0 Å². The number of aliphatic hydroxyl groups excluding tert-OH is 2. The smallest absolute Gasteiger partial charge is 0.253 e. The van der Waals surface area contributed by atoms with Crippen molar-refractivity contribution < 1.29 is 15.0 Å². The number of carbonyl (C=O) groups is 1. The zero-order chi connectivity index (χ0) is 18.8. The fourth-order valence-corrected chi connectivity index (χ4v) is 4.48. The Morgan fingerprint density at radius 1 is 1.15 bits per heavy atom. The number of rotatable bonds is 6. The molecule has 2 atom stereocenters. The monoisotopic (exact) mass is 372 g/mol. The molecule has 2 aromatic rings. The molecule has 27 heavy (non-hydrogen) atoms. The number of fused-ring (bicyclic) bond motifs is 1. The zero-order valence-electron chi connectivity index (χ0n) is 15.6. The molecule has 2 saturated heterocycles. The van der Waals surface area contributed by atoms with Crippen molar-refractivity contribution >= 4 is 16.9 Å². The van der Waals surface area contributed by atoms with E-state index in [1.807, 2.05) is 27.7 Å². The Morgan fingerprint density at radius 3 is 2.67 bits per heavy atom. The molecule has 146 valence electrons. The Bertz CT molecular complexity index is 800. The Balaban J connectivity index is 1.47. The number of carbonyl (C=O) groups excluding carboxylic acids is 1. The molecule has 2 N–H and O–H groups in total. The maximum absolute atomic E-state index is 13.0. The van der Waals surface area contributed by atoms with Crippen LogP contribution in [0.3, 0.4) is 0 Å². The molecule has 0 spiro atoms. The van der Waals surface area contributed by atoms with Gasteiger partial charge < -0.3 is 24.6 Å². The predicted molar refractivity (Wildman–Crippen MR) is 102 cm³/mol. The van der Waals surface area contributed by atoms with E-state index in [9.17, 15) is 9.90 Å². The highest BCUT2D eigenvalue weighted by Gasteiger charge is 2.36. The van der Waals surface area contributed by atoms with Crippen molar-refractivity contribution in [2.75, 3.05) is 45.9 Å². The Kier molecular flexibility index (Phi) is 5.43. The van der Waals surface area contributed by atoms with Crippen molar-refractivity contribution in [1.29, 1.82) is 0 Å². The predicted octanol–water partition coefficient (Wildman–Crippen LogP) is 0.805. The summed E-state index contributed by atoms with van der Waals surface area (Å²) in [5.74, 6) is 0.502. The van der Waals surface area contributed by atoms with Gasteiger partial charge in [-0.25, -0.2) is 4.98 Å². The van der Waals surface area contributed by atoms with E-state index in [0.717, 1.165) is 30.7 Å². The van der Waals surface area contributed by atoms with Crippen molar-refractivity contribution in [1.82, 2.24) is 19.4 Å². The lowest BCUT2D eigenvalue weighted by molar-refractivity contribution is 0.0779. The lowest BCUT2D eigenvalue weighted by Crippen LogP contribution is -2.32. The minimum Gasteiger partial charge on any atom is -0.396 e. The van der Waals surface area contributed by atoms with Crippen LogP contribution in [0.25, 0.3) is 11.0 Å². The first-order valence-electron chi connectivity index (χ1n) is 9.88. The van der Waals surface area contributed by atoms with Crippen LogP contribution in [-0.2, 0) is 6.54 Å². The van der Waals surface area contributed by atoms with Crippen LogP contribution in [-0.4, -0.2) is 81.4 Å². The Hall–Kier alpha value is -1.96. The normalized spacial score (nSPS) is 23.6. The van der Waals surface area contributed by atoms with E-state index >= 15 is 0 Å². The largest absolute Gasteiger partial charge is 0.396 e. The summed E-state index contributed by atoms with van der Waals surface area (Å²) in [4.78, 5) is 21.7. The van der Waals surface area contributed by atoms with E-state index in [0.29, 0.717) is 31.1 Å². The van der Waals surface area contributed by atoms with E-state index in [1.165, 1.54) is 12.8 Å². The molecule has 2 fully saturated rings. The first-order valence-corrected chi connectivity index (χ1v) is 9.88. The molecule has 7 heteroatoms. The van der Waals surface area contributed by atoms with Crippen molar-refractivity contribution in [2.24, 2.45) is 11.8 Å². The van der Waals surface area contributed by atoms with Gasteiger partial charge in [-0.2, -0.15) is 0 Å². The van der Waals surface area contributed by atoms with Gasteiger partial charge in [-0.1, -0.05) is 0 Å². The fraction of sp³-hybridized carbons (Fsp3) is 0.600. The van der Waals surface area contributed by atoms with Gasteiger partial charge in [0.1, 0.15) is 0 Å². The van der Waals surface area contributed by atoms with Gasteiger partial charge in [-0.15, -0.1) is 0 Å². The summed E-state index contributed by atoms with van der Waals surface area (Å²) in [5, 5.41) is 18.9. The summed E-state index contributed by atoms with van der Waals surface area (Å²) in [7, 11) is 0. The number of benzene rings is 1. The lowest BCUT2D eigenvalue weighted by Gasteiger charge is -2.22. The summed E-state index contributed by atoms with van der Waals surface area (Å²) in [6.07, 6.45) is 4.20. The van der Waals surface area contributed by atoms with Crippen LogP contribution in [0.2, 0.25) is 0 Å². The third-order valence-corrected chi connectivity index (χ3v) is 6.00. The molecule has 3 heterocycles. The number of aliphatic hydroxyl groups is 2. The second kappa shape index (κ2) is 7.96. The van der Waals surface area contributed by atoms with Crippen LogP contribution in [0.4, 0.5) is 0 Å². The number of likely N-dealkylation sites (tertiary alicyclic amines) is 2. The Labute approximate surface area is 159 Å². The molecule has 1 amide bonds. The molecule has 7 nitrogen and oxygen atoms in total. The van der Waals surface area contributed by atoms with E-state index in [2.05, 4.69) is 9.88 Å². The zero-order valence-corrected chi connectivity index (χ0v) is 15.6. The molecule has 0 aliphatic carbocycles. The van der Waals surface area contributed by atoms with Crippen molar-refractivity contribution in [2.45, 2.75) is 19.4 Å². The minimum atomic E-state index is 0.0102. The third-order valence-electron chi connectivity index (χ3n) is 6.00. The van der Waals surface area contributed by atoms with Crippen LogP contribution in [0.15, 0.2) is 24.5 Å². The first-order chi connectivity index (χ1) is 13.2. The molecule has 4 rings (SSSR count). The lowest BCUT2D eigenvalue weighted by atomic mass is 9.96. The molecule has 0 saturated carbocycles. The highest BCUT2D eigenvalue weighted by Crippen LogP contribution is 2.27. The second-order valence-corrected chi connectivity index (χ2v) is 7.79. The Morgan fingerprint density at radius 2 is 1.93 bits per heavy atom. The molecule has 1 aromatic heterocycles. The molecule has 0 unspecified atom stereocenters. The average Bonchev–Trinajstić information content (AvgIpc) is 3.42. The van der Waals surface area contributed by atoms with Gasteiger partial charge >= 0.3 is 0 Å². The minimum absolute atomic E-state index is 0.0102. The second-order valence-electron chi connectivity index (χ2n) is 7.79. The summed E-state index contributed by atoms with van der Waals surface area (Å²) < 4.78 is 1.88. The number of imidazole rings is 1. The fourth-order valence-electron chi connectivity index (χ4n) is 4.48. The van der Waals surface area contributed by atoms with E-state index in [4.69, 9.17) is 5.11 Å². The van der Waals surface area contributed by atoms with Gasteiger partial charge in [0.05, 0.1) is 24.0 Å². The topological polar surface area (TPSA) is 81.8 Å². The van der Waals surface area contributed by atoms with Gasteiger partial charge in [0, 0.05) is 44.3 Å².